The maximum Gasteiger partial charge on any atom is 0.408 e. The SMILES string of the molecule is CC(Cc1c[nH]c2ccccc12)(NC(=O)OC1C2CC3CC(C2)CC1C3)C(=O)NCC(OCCC(=O)O)c1ccccc1. The molecule has 4 aliphatic carbocycles. The summed E-state index contributed by atoms with van der Waals surface area (Å²) in [5, 5.41) is 16.0. The van der Waals surface area contributed by atoms with Crippen molar-refractivity contribution in [2.75, 3.05) is 13.2 Å². The van der Waals surface area contributed by atoms with Gasteiger partial charge in [-0.15, -0.1) is 0 Å². The number of fused-ring (bicyclic) bond motifs is 1. The van der Waals surface area contributed by atoms with Crippen LogP contribution in [0.2, 0.25) is 0 Å². The molecule has 7 rings (SSSR count). The zero-order valence-corrected chi connectivity index (χ0v) is 24.6. The van der Waals surface area contributed by atoms with Crippen molar-refractivity contribution in [1.29, 1.82) is 0 Å². The number of carbonyl (C=O) groups is 3. The first kappa shape index (κ1) is 29.2. The first-order valence-electron chi connectivity index (χ1n) is 15.5. The molecule has 4 saturated carbocycles. The molecular weight excluding hydrogens is 546 g/mol. The lowest BCUT2D eigenvalue weighted by molar-refractivity contribution is -0.139. The molecule has 0 aliphatic heterocycles. The van der Waals surface area contributed by atoms with Gasteiger partial charge in [-0.05, 0) is 79.9 Å². The highest BCUT2D eigenvalue weighted by atomic mass is 16.6. The second kappa shape index (κ2) is 12.4. The van der Waals surface area contributed by atoms with Crippen LogP contribution >= 0.6 is 0 Å². The minimum Gasteiger partial charge on any atom is -0.481 e. The van der Waals surface area contributed by atoms with Gasteiger partial charge in [0.1, 0.15) is 11.6 Å². The van der Waals surface area contributed by atoms with Crippen LogP contribution in [-0.4, -0.2) is 52.9 Å². The predicted molar refractivity (Wildman–Crippen MR) is 161 cm³/mol. The molecular formula is C34H41N3O6. The van der Waals surface area contributed by atoms with Crippen molar-refractivity contribution < 1.29 is 29.0 Å². The quantitative estimate of drug-likeness (QED) is 0.226. The molecule has 3 aromatic rings. The Bertz CT molecular complexity index is 1430. The van der Waals surface area contributed by atoms with E-state index in [1.807, 2.05) is 60.8 Å². The highest BCUT2D eigenvalue weighted by Gasteiger charge is 2.50. The summed E-state index contributed by atoms with van der Waals surface area (Å²) < 4.78 is 12.0. The van der Waals surface area contributed by atoms with E-state index in [-0.39, 0.29) is 38.0 Å². The molecule has 2 aromatic carbocycles. The number of alkyl carbamates (subject to hydrolysis) is 1. The van der Waals surface area contributed by atoms with Gasteiger partial charge in [0.2, 0.25) is 5.91 Å². The lowest BCUT2D eigenvalue weighted by Crippen LogP contribution is -2.60. The number of rotatable bonds is 12. The van der Waals surface area contributed by atoms with Crippen LogP contribution in [-0.2, 0) is 25.5 Å². The molecule has 0 radical (unpaired) electrons. The Morgan fingerprint density at radius 1 is 0.977 bits per heavy atom. The summed E-state index contributed by atoms with van der Waals surface area (Å²) in [5.74, 6) is 1.01. The van der Waals surface area contributed by atoms with Gasteiger partial charge >= 0.3 is 12.1 Å². The first-order chi connectivity index (χ1) is 20.8. The van der Waals surface area contributed by atoms with E-state index in [0.29, 0.717) is 11.8 Å². The average Bonchev–Trinajstić information content (AvgIpc) is 3.38. The monoisotopic (exact) mass is 587 g/mol. The number of aromatic amines is 1. The van der Waals surface area contributed by atoms with E-state index in [9.17, 15) is 14.4 Å². The highest BCUT2D eigenvalue weighted by Crippen LogP contribution is 2.54. The molecule has 1 heterocycles. The van der Waals surface area contributed by atoms with E-state index in [0.717, 1.165) is 59.5 Å². The van der Waals surface area contributed by atoms with Crippen LogP contribution < -0.4 is 10.6 Å². The summed E-state index contributed by atoms with van der Waals surface area (Å²) >= 11 is 0. The number of aromatic nitrogens is 1. The molecule has 2 unspecified atom stereocenters. The average molecular weight is 588 g/mol. The van der Waals surface area contributed by atoms with Crippen LogP contribution in [0.1, 0.15) is 62.7 Å². The van der Waals surface area contributed by atoms with Crippen LogP contribution in [0.4, 0.5) is 4.79 Å². The number of carbonyl (C=O) groups excluding carboxylic acids is 2. The van der Waals surface area contributed by atoms with Crippen molar-refractivity contribution in [2.24, 2.45) is 23.7 Å². The molecule has 228 valence electrons. The van der Waals surface area contributed by atoms with Crippen LogP contribution in [0, 0.1) is 23.7 Å². The number of H-pyrrole nitrogens is 1. The van der Waals surface area contributed by atoms with E-state index in [2.05, 4.69) is 15.6 Å². The molecule has 2 atom stereocenters. The van der Waals surface area contributed by atoms with Crippen LogP contribution in [0.15, 0.2) is 60.8 Å². The van der Waals surface area contributed by atoms with Gasteiger partial charge in [-0.1, -0.05) is 48.5 Å². The van der Waals surface area contributed by atoms with Crippen LogP contribution in [0.3, 0.4) is 0 Å². The molecule has 4 fully saturated rings. The number of benzene rings is 2. The Labute approximate surface area is 251 Å². The maximum absolute atomic E-state index is 14.0. The standard InChI is InChI=1S/C34H41N3O6/c1-34(18-26-19-35-28-10-6-5-9-27(26)28,37-33(41)43-31-24-14-21-13-22(16-24)17-25(31)15-21)32(40)36-20-29(42-12-11-30(38)39)23-7-3-2-4-8-23/h2-10,19,21-22,24-25,29,31,35H,11-18,20H2,1H3,(H,36,40)(H,37,41)(H,38,39). The Kier molecular flexibility index (Phi) is 8.43. The summed E-state index contributed by atoms with van der Waals surface area (Å²) in [6.45, 7) is 1.84. The molecule has 9 nitrogen and oxygen atoms in total. The molecule has 1 aromatic heterocycles. The van der Waals surface area contributed by atoms with Gasteiger partial charge in [0, 0.05) is 30.1 Å². The van der Waals surface area contributed by atoms with Crippen molar-refractivity contribution >= 4 is 28.9 Å². The number of carboxylic acids is 1. The van der Waals surface area contributed by atoms with E-state index < -0.39 is 23.7 Å². The zero-order valence-electron chi connectivity index (χ0n) is 24.6. The van der Waals surface area contributed by atoms with Crippen molar-refractivity contribution in [3.63, 3.8) is 0 Å². The topological polar surface area (TPSA) is 130 Å². The van der Waals surface area contributed by atoms with Gasteiger partial charge in [-0.25, -0.2) is 4.79 Å². The first-order valence-corrected chi connectivity index (χ1v) is 15.5. The Hall–Kier alpha value is -3.85. The number of aliphatic carboxylic acids is 1. The smallest absolute Gasteiger partial charge is 0.408 e. The molecule has 2 amide bonds. The summed E-state index contributed by atoms with van der Waals surface area (Å²) in [6.07, 6.45) is 6.58. The van der Waals surface area contributed by atoms with E-state index in [1.54, 1.807) is 6.92 Å². The zero-order chi connectivity index (χ0) is 30.0. The van der Waals surface area contributed by atoms with Gasteiger partial charge in [0.05, 0.1) is 19.1 Å². The largest absolute Gasteiger partial charge is 0.481 e. The molecule has 0 spiro atoms. The minimum atomic E-state index is -1.32. The molecule has 9 heteroatoms. The number of ether oxygens (including phenoxy) is 2. The predicted octanol–water partition coefficient (Wildman–Crippen LogP) is 5.37. The number of hydrogen-bond donors (Lipinski definition) is 4. The Morgan fingerprint density at radius 2 is 1.65 bits per heavy atom. The third-order valence-corrected chi connectivity index (χ3v) is 9.74. The molecule has 4 N–H and O–H groups in total. The number of nitrogens with one attached hydrogen (secondary N) is 3. The van der Waals surface area contributed by atoms with Gasteiger partial charge in [-0.3, -0.25) is 9.59 Å². The van der Waals surface area contributed by atoms with E-state index in [1.165, 1.54) is 6.42 Å². The van der Waals surface area contributed by atoms with Gasteiger partial charge in [0.15, 0.2) is 0 Å². The molecule has 0 saturated heterocycles. The second-order valence-electron chi connectivity index (χ2n) is 12.9. The molecule has 4 bridgehead atoms. The van der Waals surface area contributed by atoms with Crippen molar-refractivity contribution in [3.05, 3.63) is 71.9 Å². The summed E-state index contributed by atoms with van der Waals surface area (Å²) in [7, 11) is 0. The van der Waals surface area contributed by atoms with Gasteiger partial charge in [0.25, 0.3) is 0 Å². The lowest BCUT2D eigenvalue weighted by Gasteiger charge is -2.53. The number of hydrogen-bond acceptors (Lipinski definition) is 5. The van der Waals surface area contributed by atoms with Crippen molar-refractivity contribution in [1.82, 2.24) is 15.6 Å². The molecule has 4 aliphatic rings. The van der Waals surface area contributed by atoms with Crippen LogP contribution in [0.25, 0.3) is 10.9 Å². The summed E-state index contributed by atoms with van der Waals surface area (Å²) in [5.41, 5.74) is 1.35. The lowest BCUT2D eigenvalue weighted by atomic mass is 9.55. The summed E-state index contributed by atoms with van der Waals surface area (Å²) in [4.78, 5) is 41.8. The Balaban J connectivity index is 1.19. The number of amides is 2. The van der Waals surface area contributed by atoms with Crippen molar-refractivity contribution in [3.8, 4) is 0 Å². The van der Waals surface area contributed by atoms with Gasteiger partial charge < -0.3 is 30.2 Å². The van der Waals surface area contributed by atoms with Gasteiger partial charge in [-0.2, -0.15) is 0 Å². The normalized spacial score (nSPS) is 26.0. The third kappa shape index (κ3) is 6.56. The van der Waals surface area contributed by atoms with E-state index >= 15 is 0 Å². The van der Waals surface area contributed by atoms with Crippen LogP contribution in [0.5, 0.6) is 0 Å². The summed E-state index contributed by atoms with van der Waals surface area (Å²) in [6, 6.07) is 17.2. The fraction of sp³-hybridized carbons (Fsp3) is 0.500. The number of carboxylic acid groups (broad SMARTS) is 1. The number of para-hydroxylation sites is 1. The van der Waals surface area contributed by atoms with E-state index in [4.69, 9.17) is 14.6 Å². The van der Waals surface area contributed by atoms with Crippen molar-refractivity contribution in [2.45, 2.75) is 69.6 Å². The maximum atomic E-state index is 14.0. The second-order valence-corrected chi connectivity index (χ2v) is 12.9. The third-order valence-electron chi connectivity index (χ3n) is 9.74. The minimum absolute atomic E-state index is 0.00733. The highest BCUT2D eigenvalue weighted by molar-refractivity contribution is 5.91. The Morgan fingerprint density at radius 3 is 2.35 bits per heavy atom. The molecule has 43 heavy (non-hydrogen) atoms. The fourth-order valence-corrected chi connectivity index (χ4v) is 7.90. The fourth-order valence-electron chi connectivity index (χ4n) is 7.90.